The molecule has 1 unspecified atom stereocenters. The Balaban J connectivity index is 1.83. The van der Waals surface area contributed by atoms with Gasteiger partial charge in [-0.1, -0.05) is 26.0 Å². The molecule has 1 aliphatic rings. The number of hydrogen-bond donors (Lipinski definition) is 2. The molecule has 1 heterocycles. The van der Waals surface area contributed by atoms with Crippen molar-refractivity contribution in [1.29, 1.82) is 0 Å². The lowest BCUT2D eigenvalue weighted by atomic mass is 9.84. The number of piperidine rings is 1. The summed E-state index contributed by atoms with van der Waals surface area (Å²) < 4.78 is 13.3. The fourth-order valence-electron chi connectivity index (χ4n) is 2.70. The van der Waals surface area contributed by atoms with Crippen LogP contribution >= 0.6 is 0 Å². The van der Waals surface area contributed by atoms with E-state index >= 15 is 0 Å². The quantitative estimate of drug-likeness (QED) is 0.854. The van der Waals surface area contributed by atoms with E-state index < -0.39 is 0 Å². The van der Waals surface area contributed by atoms with Crippen molar-refractivity contribution in [1.82, 2.24) is 10.6 Å². The van der Waals surface area contributed by atoms with Gasteiger partial charge in [-0.05, 0) is 56.1 Å². The summed E-state index contributed by atoms with van der Waals surface area (Å²) in [5, 5.41) is 6.98. The highest BCUT2D eigenvalue weighted by molar-refractivity contribution is 5.24. The molecule has 1 saturated heterocycles. The van der Waals surface area contributed by atoms with E-state index in [0.717, 1.165) is 37.7 Å². The highest BCUT2D eigenvalue weighted by Crippen LogP contribution is 2.23. The largest absolute Gasteiger partial charge is 0.316 e. The summed E-state index contributed by atoms with van der Waals surface area (Å²) in [5.41, 5.74) is 1.02. The van der Waals surface area contributed by atoms with Gasteiger partial charge in [-0.2, -0.15) is 0 Å². The van der Waals surface area contributed by atoms with Crippen molar-refractivity contribution < 1.29 is 4.39 Å². The Morgan fingerprint density at radius 3 is 2.95 bits per heavy atom. The first-order chi connectivity index (χ1) is 9.08. The number of rotatable bonds is 5. The summed E-state index contributed by atoms with van der Waals surface area (Å²) in [6.45, 7) is 8.53. The average molecular weight is 264 g/mol. The van der Waals surface area contributed by atoms with Crippen LogP contribution < -0.4 is 10.6 Å². The molecule has 19 heavy (non-hydrogen) atoms. The van der Waals surface area contributed by atoms with E-state index in [4.69, 9.17) is 0 Å². The summed E-state index contributed by atoms with van der Waals surface area (Å²) in [6, 6.07) is 6.94. The molecule has 3 heteroatoms. The van der Waals surface area contributed by atoms with Crippen LogP contribution in [-0.4, -0.2) is 26.2 Å². The third-order valence-corrected chi connectivity index (χ3v) is 4.00. The van der Waals surface area contributed by atoms with E-state index in [9.17, 15) is 4.39 Å². The highest BCUT2D eigenvalue weighted by Gasteiger charge is 2.21. The van der Waals surface area contributed by atoms with Gasteiger partial charge in [-0.3, -0.25) is 0 Å². The van der Waals surface area contributed by atoms with Crippen LogP contribution in [0.3, 0.4) is 0 Å². The van der Waals surface area contributed by atoms with Crippen molar-refractivity contribution in [3.8, 4) is 0 Å². The van der Waals surface area contributed by atoms with Crippen molar-refractivity contribution in [3.05, 3.63) is 35.6 Å². The maximum absolute atomic E-state index is 13.3. The molecule has 0 saturated carbocycles. The van der Waals surface area contributed by atoms with Gasteiger partial charge in [0, 0.05) is 12.0 Å². The van der Waals surface area contributed by atoms with Crippen LogP contribution in [0.25, 0.3) is 0 Å². The fourth-order valence-corrected chi connectivity index (χ4v) is 2.70. The van der Waals surface area contributed by atoms with Crippen molar-refractivity contribution in [2.45, 2.75) is 32.1 Å². The molecule has 1 aromatic carbocycles. The summed E-state index contributed by atoms with van der Waals surface area (Å²) in [4.78, 5) is 0. The molecule has 0 amide bonds. The average Bonchev–Trinajstić information content (AvgIpc) is 2.40. The number of nitrogens with one attached hydrogen (secondary N) is 2. The lowest BCUT2D eigenvalue weighted by molar-refractivity contribution is 0.345. The Morgan fingerprint density at radius 2 is 2.26 bits per heavy atom. The first-order valence-corrected chi connectivity index (χ1v) is 7.25. The molecule has 0 aromatic heterocycles. The topological polar surface area (TPSA) is 24.1 Å². The van der Waals surface area contributed by atoms with Crippen LogP contribution in [0.15, 0.2) is 24.3 Å². The van der Waals surface area contributed by atoms with Crippen LogP contribution in [0.1, 0.15) is 32.3 Å². The monoisotopic (exact) mass is 264 g/mol. The zero-order chi connectivity index (χ0) is 13.7. The molecule has 0 radical (unpaired) electrons. The van der Waals surface area contributed by atoms with Gasteiger partial charge in [0.05, 0.1) is 0 Å². The van der Waals surface area contributed by atoms with Gasteiger partial charge < -0.3 is 10.6 Å². The van der Waals surface area contributed by atoms with E-state index in [2.05, 4.69) is 24.5 Å². The smallest absolute Gasteiger partial charge is 0.123 e. The molecule has 0 spiro atoms. The molecule has 1 atom stereocenters. The standard InChI is InChI=1S/C16H25FN2/c1-16(2,14-6-3-7-15(17)9-14)12-19-11-13-5-4-8-18-10-13/h3,6-7,9,13,18-19H,4-5,8,10-12H2,1-2H3. The Morgan fingerprint density at radius 1 is 1.42 bits per heavy atom. The maximum Gasteiger partial charge on any atom is 0.123 e. The molecule has 0 bridgehead atoms. The molecule has 2 nitrogen and oxygen atoms in total. The molecule has 106 valence electrons. The minimum Gasteiger partial charge on any atom is -0.316 e. The van der Waals surface area contributed by atoms with Gasteiger partial charge in [-0.25, -0.2) is 4.39 Å². The van der Waals surface area contributed by atoms with Crippen molar-refractivity contribution in [3.63, 3.8) is 0 Å². The second-order valence-corrected chi connectivity index (χ2v) is 6.24. The molecular weight excluding hydrogens is 239 g/mol. The van der Waals surface area contributed by atoms with E-state index in [1.807, 2.05) is 6.07 Å². The predicted octanol–water partition coefficient (Wildman–Crippen LogP) is 2.69. The number of benzene rings is 1. The van der Waals surface area contributed by atoms with Gasteiger partial charge in [0.1, 0.15) is 5.82 Å². The maximum atomic E-state index is 13.3. The lowest BCUT2D eigenvalue weighted by Crippen LogP contribution is -2.40. The molecule has 0 aliphatic carbocycles. The summed E-state index contributed by atoms with van der Waals surface area (Å²) >= 11 is 0. The zero-order valence-electron chi connectivity index (χ0n) is 12.0. The van der Waals surface area contributed by atoms with Crippen molar-refractivity contribution in [2.75, 3.05) is 26.2 Å². The molecule has 2 N–H and O–H groups in total. The molecule has 1 aliphatic heterocycles. The summed E-state index contributed by atoms with van der Waals surface area (Å²) in [6.07, 6.45) is 2.58. The Bertz CT molecular complexity index is 397. The van der Waals surface area contributed by atoms with Crippen LogP contribution in [-0.2, 0) is 5.41 Å². The lowest BCUT2D eigenvalue weighted by Gasteiger charge is -2.28. The minimum atomic E-state index is -0.151. The second kappa shape index (κ2) is 6.49. The SMILES string of the molecule is CC(C)(CNCC1CCCNC1)c1cccc(F)c1. The normalized spacial score (nSPS) is 20.5. The fraction of sp³-hybridized carbons (Fsp3) is 0.625. The zero-order valence-corrected chi connectivity index (χ0v) is 12.0. The molecule has 1 fully saturated rings. The first-order valence-electron chi connectivity index (χ1n) is 7.25. The van der Waals surface area contributed by atoms with Gasteiger partial charge in [-0.15, -0.1) is 0 Å². The Labute approximate surface area is 115 Å². The third kappa shape index (κ3) is 4.29. The van der Waals surface area contributed by atoms with Crippen molar-refractivity contribution >= 4 is 0 Å². The van der Waals surface area contributed by atoms with Crippen molar-refractivity contribution in [2.24, 2.45) is 5.92 Å². The van der Waals surface area contributed by atoms with Crippen LogP contribution in [0.2, 0.25) is 0 Å². The highest BCUT2D eigenvalue weighted by atomic mass is 19.1. The second-order valence-electron chi connectivity index (χ2n) is 6.24. The van der Waals surface area contributed by atoms with E-state index in [-0.39, 0.29) is 11.2 Å². The summed E-state index contributed by atoms with van der Waals surface area (Å²) in [7, 11) is 0. The van der Waals surface area contributed by atoms with Gasteiger partial charge >= 0.3 is 0 Å². The Kier molecular flexibility index (Phi) is 4.94. The van der Waals surface area contributed by atoms with E-state index in [0.29, 0.717) is 0 Å². The van der Waals surface area contributed by atoms with Gasteiger partial charge in [0.2, 0.25) is 0 Å². The van der Waals surface area contributed by atoms with E-state index in [1.165, 1.54) is 18.9 Å². The van der Waals surface area contributed by atoms with Crippen LogP contribution in [0.4, 0.5) is 4.39 Å². The first kappa shape index (κ1) is 14.5. The van der Waals surface area contributed by atoms with E-state index in [1.54, 1.807) is 12.1 Å². The molecule has 1 aromatic rings. The minimum absolute atomic E-state index is 0.0375. The number of halogens is 1. The third-order valence-electron chi connectivity index (χ3n) is 4.00. The Hall–Kier alpha value is -0.930. The van der Waals surface area contributed by atoms with Gasteiger partial charge in [0.25, 0.3) is 0 Å². The van der Waals surface area contributed by atoms with Crippen LogP contribution in [0.5, 0.6) is 0 Å². The summed E-state index contributed by atoms with van der Waals surface area (Å²) in [5.74, 6) is 0.583. The van der Waals surface area contributed by atoms with Crippen LogP contribution in [0, 0.1) is 11.7 Å². The van der Waals surface area contributed by atoms with Gasteiger partial charge in [0.15, 0.2) is 0 Å². The predicted molar refractivity (Wildman–Crippen MR) is 77.9 cm³/mol. The number of hydrogen-bond acceptors (Lipinski definition) is 2. The molecular formula is C16H25FN2. The molecule has 2 rings (SSSR count).